The van der Waals surface area contributed by atoms with Gasteiger partial charge in [-0.25, -0.2) is 4.39 Å². The fourth-order valence-corrected chi connectivity index (χ4v) is 6.39. The average Bonchev–Trinajstić information content (AvgIpc) is 3.48. The first-order valence-corrected chi connectivity index (χ1v) is 12.9. The van der Waals surface area contributed by atoms with Crippen LogP contribution in [-0.2, 0) is 32.1 Å². The lowest BCUT2D eigenvalue weighted by Gasteiger charge is -2.48. The summed E-state index contributed by atoms with van der Waals surface area (Å²) in [5.41, 5.74) is 4.25. The van der Waals surface area contributed by atoms with Crippen LogP contribution in [0.5, 0.6) is 0 Å². The average molecular weight is 493 g/mol. The van der Waals surface area contributed by atoms with Crippen LogP contribution in [0.4, 0.5) is 4.39 Å². The number of hydrogen-bond acceptors (Lipinski definition) is 4. The predicted octanol–water partition coefficient (Wildman–Crippen LogP) is 4.38. The first-order chi connectivity index (χ1) is 15.9. The SMILES string of the molecule is CCc1ccc(Cl)c(CC)c1CC1(C2(Cc3c(F)ccc(Cl)c3CC)NCCN2)NCCN1. The second-order valence-corrected chi connectivity index (χ2v) is 9.90. The van der Waals surface area contributed by atoms with E-state index in [0.717, 1.165) is 56.0 Å². The van der Waals surface area contributed by atoms with Crippen molar-refractivity contribution < 1.29 is 4.39 Å². The van der Waals surface area contributed by atoms with Crippen LogP contribution < -0.4 is 21.3 Å². The van der Waals surface area contributed by atoms with E-state index in [2.05, 4.69) is 41.2 Å². The fourth-order valence-electron chi connectivity index (χ4n) is 5.77. The van der Waals surface area contributed by atoms with Crippen LogP contribution in [0.1, 0.15) is 48.6 Å². The van der Waals surface area contributed by atoms with Gasteiger partial charge in [0.05, 0.1) is 0 Å². The number of aryl methyl sites for hydroxylation is 1. The van der Waals surface area contributed by atoms with Crippen molar-refractivity contribution in [1.82, 2.24) is 21.3 Å². The molecule has 0 aromatic heterocycles. The molecule has 0 aliphatic carbocycles. The van der Waals surface area contributed by atoms with Crippen molar-refractivity contribution >= 4 is 23.2 Å². The van der Waals surface area contributed by atoms with Gasteiger partial charge in [-0.3, -0.25) is 21.3 Å². The monoisotopic (exact) mass is 492 g/mol. The Hall–Kier alpha value is -1.21. The van der Waals surface area contributed by atoms with Gasteiger partial charge in [0.15, 0.2) is 0 Å². The van der Waals surface area contributed by atoms with Gasteiger partial charge in [0.1, 0.15) is 17.1 Å². The van der Waals surface area contributed by atoms with Crippen LogP contribution in [0.3, 0.4) is 0 Å². The van der Waals surface area contributed by atoms with Crippen LogP contribution in [0.25, 0.3) is 0 Å². The van der Waals surface area contributed by atoms with E-state index in [1.807, 2.05) is 13.0 Å². The van der Waals surface area contributed by atoms with Gasteiger partial charge in [-0.15, -0.1) is 0 Å². The number of nitrogens with one attached hydrogen (secondary N) is 4. The van der Waals surface area contributed by atoms with Crippen LogP contribution in [0, 0.1) is 5.82 Å². The van der Waals surface area contributed by atoms with Crippen molar-refractivity contribution in [2.75, 3.05) is 26.2 Å². The van der Waals surface area contributed by atoms with E-state index >= 15 is 4.39 Å². The van der Waals surface area contributed by atoms with Crippen molar-refractivity contribution in [2.45, 2.75) is 64.2 Å². The van der Waals surface area contributed by atoms with Gasteiger partial charge in [0, 0.05) is 49.1 Å². The molecule has 4 N–H and O–H groups in total. The maximum Gasteiger partial charge on any atom is 0.126 e. The predicted molar refractivity (Wildman–Crippen MR) is 136 cm³/mol. The highest BCUT2D eigenvalue weighted by molar-refractivity contribution is 6.31. The zero-order chi connectivity index (χ0) is 23.6. The van der Waals surface area contributed by atoms with Gasteiger partial charge in [0.25, 0.3) is 0 Å². The van der Waals surface area contributed by atoms with Gasteiger partial charge >= 0.3 is 0 Å². The Morgan fingerprint density at radius 3 is 1.61 bits per heavy atom. The Morgan fingerprint density at radius 1 is 0.667 bits per heavy atom. The quantitative estimate of drug-likeness (QED) is 0.441. The molecule has 2 fully saturated rings. The van der Waals surface area contributed by atoms with E-state index in [9.17, 15) is 0 Å². The molecule has 33 heavy (non-hydrogen) atoms. The third-order valence-electron chi connectivity index (χ3n) is 7.45. The lowest BCUT2D eigenvalue weighted by molar-refractivity contribution is 0.116. The Morgan fingerprint density at radius 2 is 1.12 bits per heavy atom. The van der Waals surface area contributed by atoms with Crippen LogP contribution in [0.15, 0.2) is 24.3 Å². The summed E-state index contributed by atoms with van der Waals surface area (Å²) in [6, 6.07) is 7.31. The van der Waals surface area contributed by atoms with E-state index < -0.39 is 11.3 Å². The zero-order valence-electron chi connectivity index (χ0n) is 19.8. The first-order valence-electron chi connectivity index (χ1n) is 12.1. The minimum Gasteiger partial charge on any atom is -0.295 e. The van der Waals surface area contributed by atoms with Crippen molar-refractivity contribution in [2.24, 2.45) is 0 Å². The van der Waals surface area contributed by atoms with Gasteiger partial charge in [0.2, 0.25) is 0 Å². The summed E-state index contributed by atoms with van der Waals surface area (Å²) in [6.45, 7) is 9.67. The highest BCUT2D eigenvalue weighted by atomic mass is 35.5. The molecular weight excluding hydrogens is 458 g/mol. The summed E-state index contributed by atoms with van der Waals surface area (Å²) >= 11 is 13.2. The number of hydrogen-bond donors (Lipinski definition) is 4. The maximum absolute atomic E-state index is 15.2. The second-order valence-electron chi connectivity index (χ2n) is 9.08. The van der Waals surface area contributed by atoms with Gasteiger partial charge < -0.3 is 0 Å². The molecule has 180 valence electrons. The Balaban J connectivity index is 1.83. The maximum atomic E-state index is 15.2. The third-order valence-corrected chi connectivity index (χ3v) is 8.15. The second kappa shape index (κ2) is 10.2. The highest BCUT2D eigenvalue weighted by Gasteiger charge is 2.55. The molecule has 2 aromatic carbocycles. The lowest BCUT2D eigenvalue weighted by atomic mass is 9.79. The molecule has 2 aliphatic rings. The minimum atomic E-state index is -0.586. The molecule has 0 saturated carbocycles. The number of benzene rings is 2. The van der Waals surface area contributed by atoms with E-state index in [-0.39, 0.29) is 5.82 Å². The molecule has 7 heteroatoms. The Labute approximate surface area is 207 Å². The van der Waals surface area contributed by atoms with Crippen molar-refractivity contribution in [1.29, 1.82) is 0 Å². The molecule has 0 bridgehead atoms. The first kappa shape index (κ1) is 24.9. The molecule has 0 spiro atoms. The normalized spacial score (nSPS) is 19.3. The molecular formula is C26H35Cl2FN4. The Bertz CT molecular complexity index is 998. The standard InChI is InChI=1S/C26H35Cl2FN4/c1-4-17-7-8-22(27)18(5-2)20(17)15-25(30-11-12-31-25)26(32-13-14-33-26)16-21-19(6-3)23(28)9-10-24(21)29/h7-10,30-33H,4-6,11-16H2,1-3H3. The summed E-state index contributed by atoms with van der Waals surface area (Å²) < 4.78 is 15.2. The van der Waals surface area contributed by atoms with E-state index in [0.29, 0.717) is 23.4 Å². The summed E-state index contributed by atoms with van der Waals surface area (Å²) in [7, 11) is 0. The summed E-state index contributed by atoms with van der Waals surface area (Å²) in [5.74, 6) is -0.203. The molecule has 4 nitrogen and oxygen atoms in total. The molecule has 2 aliphatic heterocycles. The van der Waals surface area contributed by atoms with Gasteiger partial charge in [-0.2, -0.15) is 0 Å². The lowest BCUT2D eigenvalue weighted by Crippen LogP contribution is -2.77. The zero-order valence-corrected chi connectivity index (χ0v) is 21.3. The minimum absolute atomic E-state index is 0.203. The molecule has 0 unspecified atom stereocenters. The summed E-state index contributed by atoms with van der Waals surface area (Å²) in [4.78, 5) is 0. The summed E-state index contributed by atoms with van der Waals surface area (Å²) in [5, 5.41) is 16.5. The molecule has 2 heterocycles. The van der Waals surface area contributed by atoms with Crippen LogP contribution in [-0.4, -0.2) is 37.5 Å². The number of rotatable bonds is 8. The van der Waals surface area contributed by atoms with E-state index in [1.165, 1.54) is 22.8 Å². The van der Waals surface area contributed by atoms with E-state index in [1.54, 1.807) is 6.07 Å². The van der Waals surface area contributed by atoms with Crippen LogP contribution >= 0.6 is 23.2 Å². The van der Waals surface area contributed by atoms with Crippen molar-refractivity contribution in [3.05, 3.63) is 67.9 Å². The highest BCUT2D eigenvalue weighted by Crippen LogP contribution is 2.36. The third kappa shape index (κ3) is 4.44. The van der Waals surface area contributed by atoms with Crippen molar-refractivity contribution in [3.63, 3.8) is 0 Å². The number of halogens is 3. The van der Waals surface area contributed by atoms with Crippen LogP contribution in [0.2, 0.25) is 10.0 Å². The molecule has 0 atom stereocenters. The molecule has 0 amide bonds. The smallest absolute Gasteiger partial charge is 0.126 e. The largest absolute Gasteiger partial charge is 0.295 e. The van der Waals surface area contributed by atoms with E-state index in [4.69, 9.17) is 23.2 Å². The van der Waals surface area contributed by atoms with Crippen molar-refractivity contribution in [3.8, 4) is 0 Å². The Kier molecular flexibility index (Phi) is 7.69. The molecule has 2 saturated heterocycles. The van der Waals surface area contributed by atoms with Gasteiger partial charge in [-0.1, -0.05) is 50.0 Å². The molecule has 2 aromatic rings. The molecule has 0 radical (unpaired) electrons. The fraction of sp³-hybridized carbons (Fsp3) is 0.538. The summed E-state index contributed by atoms with van der Waals surface area (Å²) in [6.07, 6.45) is 3.71. The molecule has 4 rings (SSSR count). The van der Waals surface area contributed by atoms with Gasteiger partial charge in [-0.05, 0) is 65.3 Å². The topological polar surface area (TPSA) is 48.1 Å².